The zero-order chi connectivity index (χ0) is 11.6. The first-order chi connectivity index (χ1) is 6.89. The highest BCUT2D eigenvalue weighted by Crippen LogP contribution is 2.21. The molecule has 0 atom stereocenters. The Hall–Kier alpha value is -1.21. The molecule has 0 bridgehead atoms. The van der Waals surface area contributed by atoms with Crippen LogP contribution in [0.1, 0.15) is 0 Å². The van der Waals surface area contributed by atoms with Crippen molar-refractivity contribution in [3.63, 3.8) is 0 Å². The number of nitrogens with zero attached hydrogens (tertiary/aromatic N) is 2. The van der Waals surface area contributed by atoms with Crippen LogP contribution in [0, 0.1) is 10.7 Å². The van der Waals surface area contributed by atoms with Crippen molar-refractivity contribution in [2.45, 2.75) is 4.90 Å². The van der Waals surface area contributed by atoms with Crippen molar-refractivity contribution in [3.8, 4) is 0 Å². The fraction of sp³-hybridized carbons (Fsp3) is 0.143. The molecule has 1 aromatic carbocycles. The first kappa shape index (κ1) is 11.9. The van der Waals surface area contributed by atoms with Gasteiger partial charge in [0.1, 0.15) is 5.82 Å². The molecule has 0 amide bonds. The molecule has 1 aromatic rings. The van der Waals surface area contributed by atoms with Crippen LogP contribution < -0.4 is 0 Å². The molecule has 0 aliphatic carbocycles. The summed E-state index contributed by atoms with van der Waals surface area (Å²) in [6, 6.07) is 2.81. The second-order valence-corrected chi connectivity index (χ2v) is 4.95. The molecule has 0 N–H and O–H groups in total. The highest BCUT2D eigenvalue weighted by atomic mass is 35.5. The lowest BCUT2D eigenvalue weighted by atomic mass is 10.3. The highest BCUT2D eigenvalue weighted by molar-refractivity contribution is 7.89. The molecule has 15 heavy (non-hydrogen) atoms. The standard InChI is InChI=1S/C7H6ClFN2O3S/c1-11(10-12)15(13,14)5-2-3-7(9)6(8)4-5/h2-4H,1H3. The number of hydrogen-bond acceptors (Lipinski definition) is 4. The van der Waals surface area contributed by atoms with Gasteiger partial charge in [-0.3, -0.25) is 0 Å². The van der Waals surface area contributed by atoms with Crippen LogP contribution in [0.4, 0.5) is 4.39 Å². The van der Waals surface area contributed by atoms with E-state index in [-0.39, 0.29) is 14.3 Å². The summed E-state index contributed by atoms with van der Waals surface area (Å²) in [5, 5.41) is 1.91. The fourth-order valence-electron chi connectivity index (χ4n) is 0.834. The van der Waals surface area contributed by atoms with E-state index < -0.39 is 15.8 Å². The summed E-state index contributed by atoms with van der Waals surface area (Å²) in [4.78, 5) is 9.77. The van der Waals surface area contributed by atoms with Gasteiger partial charge in [-0.15, -0.1) is 4.91 Å². The summed E-state index contributed by atoms with van der Waals surface area (Å²) in [7, 11) is -3.05. The average molecular weight is 253 g/mol. The SMILES string of the molecule is CN(N=O)S(=O)(=O)c1ccc(F)c(Cl)c1. The zero-order valence-corrected chi connectivity index (χ0v) is 9.09. The van der Waals surface area contributed by atoms with Gasteiger partial charge in [0.25, 0.3) is 10.0 Å². The number of sulfonamides is 1. The third-order valence-electron chi connectivity index (χ3n) is 1.65. The van der Waals surface area contributed by atoms with Gasteiger partial charge < -0.3 is 0 Å². The van der Waals surface area contributed by atoms with Gasteiger partial charge in [0.15, 0.2) is 0 Å². The molecule has 8 heteroatoms. The van der Waals surface area contributed by atoms with E-state index in [9.17, 15) is 17.7 Å². The Morgan fingerprint density at radius 1 is 1.47 bits per heavy atom. The van der Waals surface area contributed by atoms with Crippen LogP contribution in [-0.2, 0) is 10.0 Å². The maximum absolute atomic E-state index is 12.7. The molecule has 0 unspecified atom stereocenters. The molecule has 82 valence electrons. The first-order valence-corrected chi connectivity index (χ1v) is 5.48. The second kappa shape index (κ2) is 4.11. The third-order valence-corrected chi connectivity index (χ3v) is 3.55. The van der Waals surface area contributed by atoms with Crippen molar-refractivity contribution in [2.75, 3.05) is 7.05 Å². The monoisotopic (exact) mass is 252 g/mol. The fourth-order valence-corrected chi connectivity index (χ4v) is 1.98. The molecular weight excluding hydrogens is 247 g/mol. The minimum atomic E-state index is -4.03. The smallest absolute Gasteiger partial charge is 0.205 e. The predicted octanol–water partition coefficient (Wildman–Crippen LogP) is 1.78. The van der Waals surface area contributed by atoms with Gasteiger partial charge >= 0.3 is 0 Å². The van der Waals surface area contributed by atoms with Crippen LogP contribution in [0.25, 0.3) is 0 Å². The summed E-state index contributed by atoms with van der Waals surface area (Å²) in [5.74, 6) is -0.739. The van der Waals surface area contributed by atoms with E-state index in [0.717, 1.165) is 25.2 Å². The molecule has 0 aliphatic heterocycles. The highest BCUT2D eigenvalue weighted by Gasteiger charge is 2.21. The van der Waals surface area contributed by atoms with Gasteiger partial charge in [-0.1, -0.05) is 11.6 Å². The Morgan fingerprint density at radius 3 is 2.53 bits per heavy atom. The zero-order valence-electron chi connectivity index (χ0n) is 7.52. The summed E-state index contributed by atoms with van der Waals surface area (Å²) in [6.45, 7) is 0. The van der Waals surface area contributed by atoms with Crippen LogP contribution in [-0.4, -0.2) is 19.9 Å². The van der Waals surface area contributed by atoms with Crippen molar-refractivity contribution < 1.29 is 12.8 Å². The Morgan fingerprint density at radius 2 is 2.07 bits per heavy atom. The van der Waals surface area contributed by atoms with E-state index in [0.29, 0.717) is 0 Å². The van der Waals surface area contributed by atoms with Crippen molar-refractivity contribution in [1.82, 2.24) is 4.41 Å². The summed E-state index contributed by atoms with van der Waals surface area (Å²) < 4.78 is 35.9. The number of benzene rings is 1. The quantitative estimate of drug-likeness (QED) is 0.608. The van der Waals surface area contributed by atoms with E-state index in [1.54, 1.807) is 0 Å². The average Bonchev–Trinajstić information content (AvgIpc) is 2.20. The van der Waals surface area contributed by atoms with Gasteiger partial charge in [0, 0.05) is 7.05 Å². The number of hydrogen-bond donors (Lipinski definition) is 0. The molecule has 0 aromatic heterocycles. The topological polar surface area (TPSA) is 66.8 Å². The maximum Gasteiger partial charge on any atom is 0.281 e. The molecule has 0 heterocycles. The summed E-state index contributed by atoms with van der Waals surface area (Å²) in [5.41, 5.74) is 0. The molecule has 1 rings (SSSR count). The molecule has 0 radical (unpaired) electrons. The van der Waals surface area contributed by atoms with Gasteiger partial charge in [-0.05, 0) is 18.2 Å². The van der Waals surface area contributed by atoms with Crippen molar-refractivity contribution >= 4 is 21.6 Å². The molecule has 0 saturated carbocycles. The molecule has 0 aliphatic rings. The summed E-state index contributed by atoms with van der Waals surface area (Å²) >= 11 is 5.40. The minimum absolute atomic E-state index is 0.233. The number of nitroso groups, excluding NO2 is 1. The molecule has 5 nitrogen and oxygen atoms in total. The Balaban J connectivity index is 3.28. The van der Waals surface area contributed by atoms with E-state index in [2.05, 4.69) is 5.29 Å². The van der Waals surface area contributed by atoms with Crippen molar-refractivity contribution in [2.24, 2.45) is 5.29 Å². The van der Waals surface area contributed by atoms with Crippen LogP contribution in [0.5, 0.6) is 0 Å². The van der Waals surface area contributed by atoms with Crippen molar-refractivity contribution in [3.05, 3.63) is 33.9 Å². The largest absolute Gasteiger partial charge is 0.281 e. The van der Waals surface area contributed by atoms with Crippen LogP contribution >= 0.6 is 11.6 Å². The molecule has 0 fully saturated rings. The second-order valence-electron chi connectivity index (χ2n) is 2.60. The van der Waals surface area contributed by atoms with E-state index >= 15 is 0 Å². The van der Waals surface area contributed by atoms with Crippen LogP contribution in [0.3, 0.4) is 0 Å². The van der Waals surface area contributed by atoms with Crippen LogP contribution in [0.15, 0.2) is 28.4 Å². The lowest BCUT2D eigenvalue weighted by Gasteiger charge is -2.09. The normalized spacial score (nSPS) is 11.1. The molecule has 0 saturated heterocycles. The first-order valence-electron chi connectivity index (χ1n) is 3.67. The van der Waals surface area contributed by atoms with Crippen LogP contribution in [0.2, 0.25) is 5.02 Å². The Kier molecular flexibility index (Phi) is 3.25. The van der Waals surface area contributed by atoms with Gasteiger partial charge in [-0.2, -0.15) is 12.8 Å². The van der Waals surface area contributed by atoms with Gasteiger partial charge in [0.2, 0.25) is 0 Å². The van der Waals surface area contributed by atoms with Crippen molar-refractivity contribution in [1.29, 1.82) is 0 Å². The molecule has 0 spiro atoms. The molecular formula is C7H6ClFN2O3S. The van der Waals surface area contributed by atoms with E-state index in [1.807, 2.05) is 0 Å². The lowest BCUT2D eigenvalue weighted by molar-refractivity contribution is 0.485. The Bertz CT molecular complexity index is 491. The lowest BCUT2D eigenvalue weighted by Crippen LogP contribution is -2.20. The Labute approximate surface area is 90.5 Å². The minimum Gasteiger partial charge on any atom is -0.205 e. The third kappa shape index (κ3) is 2.24. The predicted molar refractivity (Wildman–Crippen MR) is 52.2 cm³/mol. The summed E-state index contributed by atoms with van der Waals surface area (Å²) in [6.07, 6.45) is 0. The van der Waals surface area contributed by atoms with E-state index in [4.69, 9.17) is 11.6 Å². The maximum atomic E-state index is 12.7. The van der Waals surface area contributed by atoms with Gasteiger partial charge in [-0.25, -0.2) is 4.39 Å². The van der Waals surface area contributed by atoms with Gasteiger partial charge in [0.05, 0.1) is 15.2 Å². The van der Waals surface area contributed by atoms with E-state index in [1.165, 1.54) is 0 Å². The number of rotatable bonds is 3. The number of halogens is 2.